The van der Waals surface area contributed by atoms with E-state index in [4.69, 9.17) is 0 Å². The molecule has 0 atom stereocenters. The molecule has 15 heavy (non-hydrogen) atoms. The summed E-state index contributed by atoms with van der Waals surface area (Å²) in [6.07, 6.45) is 4.75. The summed E-state index contributed by atoms with van der Waals surface area (Å²) in [5.74, 6) is 0. The molecule has 1 heterocycles. The first-order valence-corrected chi connectivity index (χ1v) is 4.49. The molecule has 0 aliphatic rings. The molecule has 0 fully saturated rings. The summed E-state index contributed by atoms with van der Waals surface area (Å²) in [5, 5.41) is 0. The third-order valence-corrected chi connectivity index (χ3v) is 2.05. The minimum atomic E-state index is 0.540. The van der Waals surface area contributed by atoms with Crippen molar-refractivity contribution < 1.29 is 4.79 Å². The lowest BCUT2D eigenvalue weighted by Gasteiger charge is -2.02. The van der Waals surface area contributed by atoms with Crippen LogP contribution in [0.2, 0.25) is 0 Å². The molecule has 0 aliphatic carbocycles. The van der Waals surface area contributed by atoms with Crippen molar-refractivity contribution in [2.24, 2.45) is 4.99 Å². The van der Waals surface area contributed by atoms with Gasteiger partial charge in [-0.2, -0.15) is 4.99 Å². The van der Waals surface area contributed by atoms with Crippen molar-refractivity contribution in [3.05, 3.63) is 48.8 Å². The predicted molar refractivity (Wildman–Crippen MR) is 57.5 cm³/mol. The van der Waals surface area contributed by atoms with Gasteiger partial charge in [0.25, 0.3) is 0 Å². The minimum absolute atomic E-state index is 0.540. The fraction of sp³-hybridized carbons (Fsp3) is 0. The number of aliphatic imine (C=N–C) groups is 1. The average Bonchev–Trinajstić information content (AvgIpc) is 2.31. The number of pyridine rings is 1. The Bertz CT molecular complexity index is 502. The van der Waals surface area contributed by atoms with Gasteiger partial charge in [0, 0.05) is 11.8 Å². The molecule has 0 saturated carbocycles. The molecule has 3 heteroatoms. The lowest BCUT2D eigenvalue weighted by atomic mass is 10.1. The maximum absolute atomic E-state index is 10.2. The van der Waals surface area contributed by atoms with Crippen LogP contribution in [0.15, 0.2) is 53.8 Å². The Morgan fingerprint density at radius 2 is 1.93 bits per heavy atom. The molecule has 72 valence electrons. The monoisotopic (exact) mass is 196 g/mol. The largest absolute Gasteiger partial charge is 0.262 e. The Kier molecular flexibility index (Phi) is 2.68. The lowest BCUT2D eigenvalue weighted by Crippen LogP contribution is -1.79. The zero-order valence-electron chi connectivity index (χ0n) is 7.92. The quantitative estimate of drug-likeness (QED) is 0.547. The molecule has 0 bridgehead atoms. The summed E-state index contributed by atoms with van der Waals surface area (Å²) in [6.45, 7) is 0. The number of aromatic nitrogens is 1. The summed E-state index contributed by atoms with van der Waals surface area (Å²) >= 11 is 0. The van der Waals surface area contributed by atoms with E-state index in [9.17, 15) is 4.79 Å². The van der Waals surface area contributed by atoms with Crippen LogP contribution in [0.5, 0.6) is 0 Å². The Morgan fingerprint density at radius 3 is 2.67 bits per heavy atom. The van der Waals surface area contributed by atoms with E-state index in [1.165, 1.54) is 6.08 Å². The molecule has 3 nitrogen and oxygen atoms in total. The first kappa shape index (κ1) is 9.31. The molecule has 2 aromatic rings. The first-order valence-electron chi connectivity index (χ1n) is 4.49. The van der Waals surface area contributed by atoms with Gasteiger partial charge >= 0.3 is 0 Å². The first-order chi connectivity index (χ1) is 7.42. The highest BCUT2D eigenvalue weighted by molar-refractivity contribution is 5.76. The second-order valence-electron chi connectivity index (χ2n) is 2.96. The van der Waals surface area contributed by atoms with Crippen molar-refractivity contribution in [2.75, 3.05) is 0 Å². The summed E-state index contributed by atoms with van der Waals surface area (Å²) in [7, 11) is 0. The number of benzene rings is 1. The van der Waals surface area contributed by atoms with Crippen molar-refractivity contribution in [3.8, 4) is 11.1 Å². The van der Waals surface area contributed by atoms with Gasteiger partial charge in [0.2, 0.25) is 6.08 Å². The second-order valence-corrected chi connectivity index (χ2v) is 2.96. The molecule has 0 saturated heterocycles. The van der Waals surface area contributed by atoms with Crippen LogP contribution in [0.4, 0.5) is 5.69 Å². The number of isocyanates is 1. The number of carbonyl (C=O) groups excluding carboxylic acids is 1. The average molecular weight is 196 g/mol. The van der Waals surface area contributed by atoms with Crippen molar-refractivity contribution in [2.45, 2.75) is 0 Å². The number of nitrogens with zero attached hydrogens (tertiary/aromatic N) is 2. The van der Waals surface area contributed by atoms with Crippen LogP contribution < -0.4 is 0 Å². The van der Waals surface area contributed by atoms with Gasteiger partial charge in [-0.15, -0.1) is 0 Å². The molecule has 0 aliphatic heterocycles. The minimum Gasteiger partial charge on any atom is -0.262 e. The summed E-state index contributed by atoms with van der Waals surface area (Å²) in [5.41, 5.74) is 2.43. The van der Waals surface area contributed by atoms with Crippen LogP contribution in [-0.4, -0.2) is 11.1 Å². The third-order valence-electron chi connectivity index (χ3n) is 2.05. The number of hydrogen-bond acceptors (Lipinski definition) is 3. The summed E-state index contributed by atoms with van der Waals surface area (Å²) < 4.78 is 0. The Labute approximate surface area is 87.1 Å². The SMILES string of the molecule is O=C=Nc1cnccc1-c1ccccc1. The van der Waals surface area contributed by atoms with Gasteiger partial charge < -0.3 is 0 Å². The fourth-order valence-corrected chi connectivity index (χ4v) is 1.39. The van der Waals surface area contributed by atoms with Crippen molar-refractivity contribution >= 4 is 11.8 Å². The zero-order chi connectivity index (χ0) is 10.5. The summed E-state index contributed by atoms with van der Waals surface area (Å²) in [4.78, 5) is 17.8. The van der Waals surface area contributed by atoms with Crippen LogP contribution in [0.25, 0.3) is 11.1 Å². The normalized spacial score (nSPS) is 9.33. The lowest BCUT2D eigenvalue weighted by molar-refractivity contribution is 0.565. The standard InChI is InChI=1S/C12H8N2O/c15-9-14-12-8-13-7-6-11(12)10-4-2-1-3-5-10/h1-8H. The van der Waals surface area contributed by atoms with Crippen LogP contribution in [0.3, 0.4) is 0 Å². The maximum Gasteiger partial charge on any atom is 0.240 e. The van der Waals surface area contributed by atoms with Crippen molar-refractivity contribution in [3.63, 3.8) is 0 Å². The fourth-order valence-electron chi connectivity index (χ4n) is 1.39. The van der Waals surface area contributed by atoms with Crippen LogP contribution in [-0.2, 0) is 4.79 Å². The van der Waals surface area contributed by atoms with E-state index >= 15 is 0 Å². The highest BCUT2D eigenvalue weighted by Gasteiger charge is 2.02. The van der Waals surface area contributed by atoms with E-state index in [1.807, 2.05) is 36.4 Å². The van der Waals surface area contributed by atoms with E-state index in [1.54, 1.807) is 12.4 Å². The van der Waals surface area contributed by atoms with E-state index in [0.717, 1.165) is 11.1 Å². The molecule has 1 aromatic heterocycles. The highest BCUT2D eigenvalue weighted by atomic mass is 16.1. The molecular weight excluding hydrogens is 188 g/mol. The Morgan fingerprint density at radius 1 is 1.13 bits per heavy atom. The molecule has 0 amide bonds. The molecule has 0 radical (unpaired) electrons. The predicted octanol–water partition coefficient (Wildman–Crippen LogP) is 2.72. The smallest absolute Gasteiger partial charge is 0.240 e. The van der Waals surface area contributed by atoms with E-state index in [2.05, 4.69) is 9.98 Å². The molecular formula is C12H8N2O. The Hall–Kier alpha value is -2.25. The van der Waals surface area contributed by atoms with Gasteiger partial charge in [0.1, 0.15) is 5.69 Å². The molecule has 2 rings (SSSR count). The van der Waals surface area contributed by atoms with Crippen LogP contribution in [0.1, 0.15) is 0 Å². The topological polar surface area (TPSA) is 42.3 Å². The molecule has 1 aromatic carbocycles. The van der Waals surface area contributed by atoms with Gasteiger partial charge in [0.05, 0.1) is 6.20 Å². The highest BCUT2D eigenvalue weighted by Crippen LogP contribution is 2.28. The number of hydrogen-bond donors (Lipinski definition) is 0. The number of rotatable bonds is 2. The molecule has 0 N–H and O–H groups in total. The van der Waals surface area contributed by atoms with E-state index < -0.39 is 0 Å². The van der Waals surface area contributed by atoms with Crippen LogP contribution in [0, 0.1) is 0 Å². The zero-order valence-corrected chi connectivity index (χ0v) is 7.92. The van der Waals surface area contributed by atoms with Crippen LogP contribution >= 0.6 is 0 Å². The van der Waals surface area contributed by atoms with Gasteiger partial charge in [-0.05, 0) is 11.6 Å². The molecule has 0 spiro atoms. The van der Waals surface area contributed by atoms with Gasteiger partial charge in [-0.3, -0.25) is 4.98 Å². The van der Waals surface area contributed by atoms with Gasteiger partial charge in [-0.25, -0.2) is 4.79 Å². The van der Waals surface area contributed by atoms with Crippen molar-refractivity contribution in [1.29, 1.82) is 0 Å². The second kappa shape index (κ2) is 4.31. The molecule has 0 unspecified atom stereocenters. The maximum atomic E-state index is 10.2. The van der Waals surface area contributed by atoms with Gasteiger partial charge in [-0.1, -0.05) is 30.3 Å². The Balaban J connectivity index is 2.58. The van der Waals surface area contributed by atoms with Gasteiger partial charge in [0.15, 0.2) is 0 Å². The van der Waals surface area contributed by atoms with E-state index in [-0.39, 0.29) is 0 Å². The third kappa shape index (κ3) is 1.98. The van der Waals surface area contributed by atoms with Crippen molar-refractivity contribution in [1.82, 2.24) is 4.98 Å². The summed E-state index contributed by atoms with van der Waals surface area (Å²) in [6, 6.07) is 11.5. The van der Waals surface area contributed by atoms with E-state index in [0.29, 0.717) is 5.69 Å².